The summed E-state index contributed by atoms with van der Waals surface area (Å²) in [5.74, 6) is 1.20. The monoisotopic (exact) mass is 304 g/mol. The summed E-state index contributed by atoms with van der Waals surface area (Å²) in [6.45, 7) is 1.92. The molecule has 0 bridgehead atoms. The van der Waals surface area contributed by atoms with Crippen LogP contribution in [0.4, 0.5) is 0 Å². The average molecular weight is 305 g/mol. The highest BCUT2D eigenvalue weighted by Crippen LogP contribution is 2.27. The molecule has 21 heavy (non-hydrogen) atoms. The molecule has 0 radical (unpaired) electrons. The van der Waals surface area contributed by atoms with Gasteiger partial charge < -0.3 is 9.64 Å². The van der Waals surface area contributed by atoms with Crippen LogP contribution in [0.15, 0.2) is 30.5 Å². The van der Waals surface area contributed by atoms with Crippen molar-refractivity contribution in [2.75, 3.05) is 20.2 Å². The first-order valence-electron chi connectivity index (χ1n) is 7.55. The Kier molecular flexibility index (Phi) is 4.61. The van der Waals surface area contributed by atoms with E-state index in [0.29, 0.717) is 18.5 Å². The second-order valence-electron chi connectivity index (χ2n) is 5.68. The van der Waals surface area contributed by atoms with E-state index >= 15 is 0 Å². The van der Waals surface area contributed by atoms with Crippen molar-refractivity contribution in [1.29, 1.82) is 0 Å². The Morgan fingerprint density at radius 3 is 2.86 bits per heavy atom. The summed E-state index contributed by atoms with van der Waals surface area (Å²) in [4.78, 5) is 6.86. The van der Waals surface area contributed by atoms with Crippen LogP contribution in [0.3, 0.4) is 0 Å². The lowest BCUT2D eigenvalue weighted by molar-refractivity contribution is 0.230. The molecule has 2 aromatic rings. The van der Waals surface area contributed by atoms with Gasteiger partial charge in [0.25, 0.3) is 0 Å². The van der Waals surface area contributed by atoms with Crippen LogP contribution in [-0.2, 0) is 5.88 Å². The number of benzene rings is 1. The normalized spacial score (nSPS) is 19.2. The van der Waals surface area contributed by atoms with E-state index in [0.717, 1.165) is 28.6 Å². The predicted molar refractivity (Wildman–Crippen MR) is 87.1 cm³/mol. The zero-order valence-corrected chi connectivity index (χ0v) is 13.1. The van der Waals surface area contributed by atoms with Gasteiger partial charge in [0.15, 0.2) is 0 Å². The van der Waals surface area contributed by atoms with Crippen LogP contribution in [0.2, 0.25) is 0 Å². The van der Waals surface area contributed by atoms with Gasteiger partial charge in [0.1, 0.15) is 0 Å². The van der Waals surface area contributed by atoms with Gasteiger partial charge in [-0.3, -0.25) is 0 Å². The zero-order chi connectivity index (χ0) is 14.7. The van der Waals surface area contributed by atoms with E-state index in [2.05, 4.69) is 29.1 Å². The Labute approximate surface area is 130 Å². The van der Waals surface area contributed by atoms with Gasteiger partial charge in [-0.15, -0.1) is 11.6 Å². The molecule has 3 rings (SSSR count). The molecule has 1 fully saturated rings. The van der Waals surface area contributed by atoms with E-state index in [1.54, 1.807) is 0 Å². The highest BCUT2D eigenvalue weighted by molar-refractivity contribution is 6.18. The lowest BCUT2D eigenvalue weighted by Crippen LogP contribution is -2.26. The predicted octanol–water partition coefficient (Wildman–Crippen LogP) is 3.84. The summed E-state index contributed by atoms with van der Waals surface area (Å²) < 4.78 is 5.95. The summed E-state index contributed by atoms with van der Waals surface area (Å²) in [6.07, 6.45) is 5.46. The van der Waals surface area contributed by atoms with E-state index in [1.165, 1.54) is 19.4 Å². The van der Waals surface area contributed by atoms with Crippen LogP contribution in [0.25, 0.3) is 10.8 Å². The van der Waals surface area contributed by atoms with E-state index in [-0.39, 0.29) is 0 Å². The smallest absolute Gasteiger partial charge is 0.221 e. The SMILES string of the molecule is CN1CCCC1CCOc1ncc(CCl)c2ccccc12. The van der Waals surface area contributed by atoms with Crippen LogP contribution < -0.4 is 4.74 Å². The Bertz CT molecular complexity index is 617. The van der Waals surface area contributed by atoms with Crippen LogP contribution in [0, 0.1) is 0 Å². The number of rotatable bonds is 5. The molecule has 3 nitrogen and oxygen atoms in total. The molecule has 112 valence electrons. The maximum Gasteiger partial charge on any atom is 0.221 e. The van der Waals surface area contributed by atoms with Gasteiger partial charge in [-0.05, 0) is 49.9 Å². The molecule has 1 saturated heterocycles. The topological polar surface area (TPSA) is 25.4 Å². The van der Waals surface area contributed by atoms with Gasteiger partial charge in [-0.1, -0.05) is 18.2 Å². The number of fused-ring (bicyclic) bond motifs is 1. The maximum absolute atomic E-state index is 5.98. The molecular weight excluding hydrogens is 284 g/mol. The molecule has 1 aliphatic rings. The van der Waals surface area contributed by atoms with Crippen LogP contribution in [0.5, 0.6) is 5.88 Å². The molecule has 1 aromatic heterocycles. The summed E-state index contributed by atoms with van der Waals surface area (Å²) in [5.41, 5.74) is 1.05. The second-order valence-corrected chi connectivity index (χ2v) is 5.95. The van der Waals surface area contributed by atoms with Crippen LogP contribution in [0.1, 0.15) is 24.8 Å². The van der Waals surface area contributed by atoms with Crippen molar-refractivity contribution in [1.82, 2.24) is 9.88 Å². The lowest BCUT2D eigenvalue weighted by Gasteiger charge is -2.19. The first-order valence-corrected chi connectivity index (χ1v) is 8.08. The van der Waals surface area contributed by atoms with Gasteiger partial charge in [-0.2, -0.15) is 0 Å². The maximum atomic E-state index is 5.98. The number of nitrogens with zero attached hydrogens (tertiary/aromatic N) is 2. The molecule has 1 unspecified atom stereocenters. The highest BCUT2D eigenvalue weighted by atomic mass is 35.5. The fourth-order valence-corrected chi connectivity index (χ4v) is 3.30. The number of hydrogen-bond acceptors (Lipinski definition) is 3. The van der Waals surface area contributed by atoms with E-state index in [9.17, 15) is 0 Å². The number of aromatic nitrogens is 1. The second kappa shape index (κ2) is 6.63. The third-order valence-corrected chi connectivity index (χ3v) is 4.63. The number of alkyl halides is 1. The standard InChI is InChI=1S/C17H21ClN2O/c1-20-9-4-5-14(20)8-10-21-17-16-7-3-2-6-15(16)13(11-18)12-19-17/h2-3,6-7,12,14H,4-5,8-11H2,1H3. The summed E-state index contributed by atoms with van der Waals surface area (Å²) in [7, 11) is 2.20. The molecule has 0 aliphatic carbocycles. The van der Waals surface area contributed by atoms with Crippen molar-refractivity contribution in [3.05, 3.63) is 36.0 Å². The first kappa shape index (κ1) is 14.6. The van der Waals surface area contributed by atoms with Gasteiger partial charge in [0.05, 0.1) is 6.61 Å². The third-order valence-electron chi connectivity index (χ3n) is 4.35. The summed E-state index contributed by atoms with van der Waals surface area (Å²) in [6, 6.07) is 8.81. The molecule has 4 heteroatoms. The van der Waals surface area contributed by atoms with Gasteiger partial charge in [-0.25, -0.2) is 4.98 Å². The van der Waals surface area contributed by atoms with E-state index in [4.69, 9.17) is 16.3 Å². The minimum atomic E-state index is 0.473. The number of hydrogen-bond donors (Lipinski definition) is 0. The van der Waals surface area contributed by atoms with Gasteiger partial charge in [0.2, 0.25) is 5.88 Å². The highest BCUT2D eigenvalue weighted by Gasteiger charge is 2.20. The van der Waals surface area contributed by atoms with Crippen LogP contribution >= 0.6 is 11.6 Å². The Hall–Kier alpha value is -1.32. The minimum Gasteiger partial charge on any atom is -0.477 e. The largest absolute Gasteiger partial charge is 0.477 e. The minimum absolute atomic E-state index is 0.473. The van der Waals surface area contributed by atoms with Crippen LogP contribution in [-0.4, -0.2) is 36.1 Å². The molecule has 0 spiro atoms. The van der Waals surface area contributed by atoms with Crippen molar-refractivity contribution in [3.8, 4) is 5.88 Å². The average Bonchev–Trinajstić information content (AvgIpc) is 2.93. The van der Waals surface area contributed by atoms with E-state index < -0.39 is 0 Å². The lowest BCUT2D eigenvalue weighted by atomic mass is 10.1. The van der Waals surface area contributed by atoms with Crippen molar-refractivity contribution >= 4 is 22.4 Å². The zero-order valence-electron chi connectivity index (χ0n) is 12.4. The van der Waals surface area contributed by atoms with Gasteiger partial charge >= 0.3 is 0 Å². The number of ether oxygens (including phenoxy) is 1. The molecule has 2 heterocycles. The number of halogens is 1. The van der Waals surface area contributed by atoms with Crippen molar-refractivity contribution in [2.24, 2.45) is 0 Å². The third kappa shape index (κ3) is 3.14. The summed E-state index contributed by atoms with van der Waals surface area (Å²) >= 11 is 5.98. The molecule has 1 aliphatic heterocycles. The van der Waals surface area contributed by atoms with Crippen molar-refractivity contribution < 1.29 is 4.74 Å². The van der Waals surface area contributed by atoms with Gasteiger partial charge in [0, 0.05) is 23.5 Å². The molecule has 1 aromatic carbocycles. The molecule has 0 saturated carbocycles. The fraction of sp³-hybridized carbons (Fsp3) is 0.471. The molecular formula is C17H21ClN2O. The van der Waals surface area contributed by atoms with E-state index in [1.807, 2.05) is 18.3 Å². The Morgan fingerprint density at radius 1 is 1.33 bits per heavy atom. The van der Waals surface area contributed by atoms with Crippen molar-refractivity contribution in [2.45, 2.75) is 31.2 Å². The fourth-order valence-electron chi connectivity index (χ4n) is 3.08. The molecule has 0 N–H and O–H groups in total. The number of likely N-dealkylation sites (tertiary alicyclic amines) is 1. The molecule has 1 atom stereocenters. The number of pyridine rings is 1. The molecule has 0 amide bonds. The summed E-state index contributed by atoms with van der Waals surface area (Å²) in [5, 5.41) is 2.19. The van der Waals surface area contributed by atoms with Crippen molar-refractivity contribution in [3.63, 3.8) is 0 Å². The Balaban J connectivity index is 1.72. The Morgan fingerprint density at radius 2 is 2.14 bits per heavy atom. The quantitative estimate of drug-likeness (QED) is 0.785. The first-order chi connectivity index (χ1) is 10.3.